The number of aryl methyl sites for hydroxylation is 2. The normalized spacial score (nSPS) is 17.8. The van der Waals surface area contributed by atoms with Gasteiger partial charge in [0, 0.05) is 12.6 Å². The average Bonchev–Trinajstić information content (AvgIpc) is 2.81. The molecule has 0 radical (unpaired) electrons. The summed E-state index contributed by atoms with van der Waals surface area (Å²) in [6.07, 6.45) is -0.578. The number of amides is 1. The second-order valence-electron chi connectivity index (χ2n) is 5.81. The number of ether oxygens (including phenoxy) is 2. The zero-order chi connectivity index (χ0) is 15.4. The van der Waals surface area contributed by atoms with Crippen LogP contribution in [0.5, 0.6) is 5.75 Å². The third kappa shape index (κ3) is 4.36. The lowest BCUT2D eigenvalue weighted by Gasteiger charge is -2.16. The molecule has 1 aliphatic heterocycles. The molecule has 1 fully saturated rings. The molecule has 1 atom stereocenters. The highest BCUT2D eigenvalue weighted by atomic mass is 16.6. The van der Waals surface area contributed by atoms with Gasteiger partial charge in [-0.3, -0.25) is 0 Å². The number of rotatable bonds is 6. The molecule has 5 heteroatoms. The Bertz CT molecular complexity index is 491. The summed E-state index contributed by atoms with van der Waals surface area (Å²) in [4.78, 5) is 11.0. The number of alkyl carbamates (subject to hydrolysis) is 1. The second kappa shape index (κ2) is 6.80. The van der Waals surface area contributed by atoms with Gasteiger partial charge >= 0.3 is 6.09 Å². The first-order chi connectivity index (χ1) is 9.95. The number of benzene rings is 1. The molecule has 0 bridgehead atoms. The standard InChI is InChI=1S/C16H24N2O3/c1-10(2)17-7-13-5-11(3)15(12(4)6-13)20-9-14-8-18-16(19)21-14/h5-6,10,14,17H,7-9H2,1-4H3,(H,18,19). The molecule has 116 valence electrons. The van der Waals surface area contributed by atoms with Crippen LogP contribution in [-0.2, 0) is 11.3 Å². The van der Waals surface area contributed by atoms with Gasteiger partial charge in [0.15, 0.2) is 6.10 Å². The molecule has 0 saturated carbocycles. The second-order valence-corrected chi connectivity index (χ2v) is 5.81. The Labute approximate surface area is 126 Å². The van der Waals surface area contributed by atoms with Gasteiger partial charge in [-0.05, 0) is 30.5 Å². The van der Waals surface area contributed by atoms with Gasteiger partial charge < -0.3 is 20.1 Å². The van der Waals surface area contributed by atoms with Crippen molar-refractivity contribution in [3.05, 3.63) is 28.8 Å². The zero-order valence-electron chi connectivity index (χ0n) is 13.2. The number of cyclic esters (lactones) is 1. The molecule has 0 aromatic heterocycles. The van der Waals surface area contributed by atoms with Crippen LogP contribution in [0.25, 0.3) is 0 Å². The van der Waals surface area contributed by atoms with Gasteiger partial charge in [0.1, 0.15) is 12.4 Å². The number of hydrogen-bond donors (Lipinski definition) is 2. The largest absolute Gasteiger partial charge is 0.489 e. The van der Waals surface area contributed by atoms with E-state index in [9.17, 15) is 4.79 Å². The molecule has 1 heterocycles. The van der Waals surface area contributed by atoms with E-state index in [4.69, 9.17) is 9.47 Å². The first-order valence-electron chi connectivity index (χ1n) is 7.36. The van der Waals surface area contributed by atoms with Gasteiger partial charge in [0.05, 0.1) is 6.54 Å². The molecule has 0 aliphatic carbocycles. The van der Waals surface area contributed by atoms with Crippen molar-refractivity contribution in [1.29, 1.82) is 0 Å². The highest BCUT2D eigenvalue weighted by molar-refractivity contribution is 5.69. The smallest absolute Gasteiger partial charge is 0.407 e. The minimum Gasteiger partial charge on any atom is -0.489 e. The highest BCUT2D eigenvalue weighted by Gasteiger charge is 2.23. The summed E-state index contributed by atoms with van der Waals surface area (Å²) in [5.74, 6) is 0.881. The van der Waals surface area contributed by atoms with Gasteiger partial charge in [-0.2, -0.15) is 0 Å². The number of hydrogen-bond acceptors (Lipinski definition) is 4. The Hall–Kier alpha value is -1.75. The summed E-state index contributed by atoms with van der Waals surface area (Å²) in [6.45, 7) is 10.1. The fourth-order valence-corrected chi connectivity index (χ4v) is 2.39. The molecule has 21 heavy (non-hydrogen) atoms. The average molecular weight is 292 g/mol. The van der Waals surface area contributed by atoms with Crippen LogP contribution in [0, 0.1) is 13.8 Å². The molecule has 2 rings (SSSR count). The van der Waals surface area contributed by atoms with Crippen molar-refractivity contribution in [2.45, 2.75) is 46.4 Å². The molecule has 1 aromatic rings. The van der Waals surface area contributed by atoms with Gasteiger partial charge in [0.25, 0.3) is 0 Å². The lowest BCUT2D eigenvalue weighted by atomic mass is 10.1. The molecule has 1 amide bonds. The molecule has 5 nitrogen and oxygen atoms in total. The Morgan fingerprint density at radius 2 is 2.05 bits per heavy atom. The van der Waals surface area contributed by atoms with Crippen molar-refractivity contribution >= 4 is 6.09 Å². The fourth-order valence-electron chi connectivity index (χ4n) is 2.39. The first-order valence-corrected chi connectivity index (χ1v) is 7.36. The number of carbonyl (C=O) groups is 1. The van der Waals surface area contributed by atoms with Crippen LogP contribution in [-0.4, -0.2) is 31.4 Å². The summed E-state index contributed by atoms with van der Waals surface area (Å²) in [6, 6.07) is 4.74. The van der Waals surface area contributed by atoms with Crippen molar-refractivity contribution in [3.8, 4) is 5.75 Å². The van der Waals surface area contributed by atoms with E-state index in [0.717, 1.165) is 23.4 Å². The van der Waals surface area contributed by atoms with Crippen molar-refractivity contribution in [2.75, 3.05) is 13.2 Å². The lowest BCUT2D eigenvalue weighted by Crippen LogP contribution is -2.23. The van der Waals surface area contributed by atoms with E-state index >= 15 is 0 Å². The van der Waals surface area contributed by atoms with Crippen LogP contribution in [0.4, 0.5) is 4.79 Å². The maximum atomic E-state index is 11.0. The number of nitrogens with one attached hydrogen (secondary N) is 2. The molecule has 1 unspecified atom stereocenters. The van der Waals surface area contributed by atoms with Gasteiger partial charge in [-0.1, -0.05) is 26.0 Å². The minimum absolute atomic E-state index is 0.210. The van der Waals surface area contributed by atoms with Crippen LogP contribution >= 0.6 is 0 Å². The Morgan fingerprint density at radius 3 is 2.57 bits per heavy atom. The van der Waals surface area contributed by atoms with Crippen LogP contribution in [0.2, 0.25) is 0 Å². The van der Waals surface area contributed by atoms with E-state index in [1.807, 2.05) is 13.8 Å². The first kappa shape index (κ1) is 15.6. The van der Waals surface area contributed by atoms with Gasteiger partial charge in [-0.15, -0.1) is 0 Å². The molecule has 2 N–H and O–H groups in total. The molecule has 1 saturated heterocycles. The van der Waals surface area contributed by atoms with Crippen LogP contribution in [0.15, 0.2) is 12.1 Å². The molecule has 1 aromatic carbocycles. The third-order valence-electron chi connectivity index (χ3n) is 3.40. The van der Waals surface area contributed by atoms with E-state index in [2.05, 4.69) is 36.6 Å². The predicted octanol–water partition coefficient (Wildman–Crippen LogP) is 2.29. The molecular formula is C16H24N2O3. The molecule has 0 spiro atoms. The van der Waals surface area contributed by atoms with E-state index in [1.54, 1.807) is 0 Å². The highest BCUT2D eigenvalue weighted by Crippen LogP contribution is 2.25. The fraction of sp³-hybridized carbons (Fsp3) is 0.562. The topological polar surface area (TPSA) is 59.6 Å². The Balaban J connectivity index is 1.98. The Morgan fingerprint density at radius 1 is 1.38 bits per heavy atom. The van der Waals surface area contributed by atoms with Gasteiger partial charge in [0.2, 0.25) is 0 Å². The van der Waals surface area contributed by atoms with Crippen molar-refractivity contribution in [3.63, 3.8) is 0 Å². The third-order valence-corrected chi connectivity index (χ3v) is 3.40. The van der Waals surface area contributed by atoms with Crippen molar-refractivity contribution in [2.24, 2.45) is 0 Å². The van der Waals surface area contributed by atoms with Crippen LogP contribution in [0.3, 0.4) is 0 Å². The van der Waals surface area contributed by atoms with E-state index in [-0.39, 0.29) is 12.2 Å². The SMILES string of the molecule is Cc1cc(CNC(C)C)cc(C)c1OCC1CNC(=O)O1. The van der Waals surface area contributed by atoms with E-state index < -0.39 is 0 Å². The zero-order valence-corrected chi connectivity index (χ0v) is 13.2. The van der Waals surface area contributed by atoms with Crippen molar-refractivity contribution in [1.82, 2.24) is 10.6 Å². The van der Waals surface area contributed by atoms with E-state index in [0.29, 0.717) is 19.2 Å². The minimum atomic E-state index is -0.368. The lowest BCUT2D eigenvalue weighted by molar-refractivity contribution is 0.104. The Kier molecular flexibility index (Phi) is 5.07. The molecule has 1 aliphatic rings. The summed E-state index contributed by atoms with van der Waals surface area (Å²) in [5, 5.41) is 6.03. The summed E-state index contributed by atoms with van der Waals surface area (Å²) in [7, 11) is 0. The molecular weight excluding hydrogens is 268 g/mol. The van der Waals surface area contributed by atoms with E-state index in [1.165, 1.54) is 5.56 Å². The summed E-state index contributed by atoms with van der Waals surface area (Å²) < 4.78 is 10.9. The maximum absolute atomic E-state index is 11.0. The van der Waals surface area contributed by atoms with Gasteiger partial charge in [-0.25, -0.2) is 4.79 Å². The van der Waals surface area contributed by atoms with Crippen LogP contribution in [0.1, 0.15) is 30.5 Å². The monoisotopic (exact) mass is 292 g/mol. The predicted molar refractivity (Wildman–Crippen MR) is 81.7 cm³/mol. The van der Waals surface area contributed by atoms with Crippen LogP contribution < -0.4 is 15.4 Å². The summed E-state index contributed by atoms with van der Waals surface area (Å²) in [5.41, 5.74) is 3.46. The number of carbonyl (C=O) groups excluding carboxylic acids is 1. The van der Waals surface area contributed by atoms with Crippen molar-refractivity contribution < 1.29 is 14.3 Å². The summed E-state index contributed by atoms with van der Waals surface area (Å²) >= 11 is 0. The quantitative estimate of drug-likeness (QED) is 0.844. The maximum Gasteiger partial charge on any atom is 0.407 e.